The topological polar surface area (TPSA) is 66.9 Å². The minimum absolute atomic E-state index is 0.136. The predicted octanol–water partition coefficient (Wildman–Crippen LogP) is 1.90. The molecule has 148 valence electrons. The molecule has 0 bridgehead atoms. The molecule has 1 aliphatic carbocycles. The van der Waals surface area contributed by atoms with Gasteiger partial charge < -0.3 is 9.64 Å². The maximum atomic E-state index is 13.0. The van der Waals surface area contributed by atoms with E-state index < -0.39 is 10.0 Å². The van der Waals surface area contributed by atoms with Gasteiger partial charge in [-0.1, -0.05) is 12.1 Å². The molecule has 3 fully saturated rings. The van der Waals surface area contributed by atoms with Crippen molar-refractivity contribution in [3.05, 3.63) is 29.8 Å². The Bertz CT molecular complexity index is 806. The van der Waals surface area contributed by atoms with Crippen molar-refractivity contribution >= 4 is 15.9 Å². The lowest BCUT2D eigenvalue weighted by molar-refractivity contribution is -0.132. The number of hydrogen-bond donors (Lipinski definition) is 0. The quantitative estimate of drug-likeness (QED) is 0.768. The van der Waals surface area contributed by atoms with Crippen LogP contribution >= 0.6 is 0 Å². The summed E-state index contributed by atoms with van der Waals surface area (Å²) in [5, 5.41) is -0.334. The number of rotatable bonds is 5. The van der Waals surface area contributed by atoms with E-state index in [1.165, 1.54) is 0 Å². The third-order valence-corrected chi connectivity index (χ3v) is 8.62. The van der Waals surface area contributed by atoms with Gasteiger partial charge in [-0.05, 0) is 55.7 Å². The van der Waals surface area contributed by atoms with Gasteiger partial charge in [0.1, 0.15) is 5.75 Å². The molecule has 0 N–H and O–H groups in total. The average molecular weight is 393 g/mol. The van der Waals surface area contributed by atoms with Gasteiger partial charge in [0.05, 0.1) is 12.4 Å². The molecule has 1 amide bonds. The molecule has 7 heteroatoms. The lowest BCUT2D eigenvalue weighted by Gasteiger charge is -2.22. The molecule has 0 spiro atoms. The standard InChI is InChI=1S/C20H28N2O4S/c1-26-18-4-2-3-15(13-18)7-12-22-14-17-8-10-21(20(23)16-5-6-16)11-9-19(17)27(22,24)25/h2-4,13,16-17,19H,5-12,14H2,1H3/t17-,19-/m1/s1. The Kier molecular flexibility index (Phi) is 5.16. The number of nitrogens with zero attached hydrogens (tertiary/aromatic N) is 2. The van der Waals surface area contributed by atoms with Crippen LogP contribution in [0.15, 0.2) is 24.3 Å². The summed E-state index contributed by atoms with van der Waals surface area (Å²) in [5.74, 6) is 1.38. The Balaban J connectivity index is 1.39. The zero-order valence-corrected chi connectivity index (χ0v) is 16.7. The van der Waals surface area contributed by atoms with E-state index in [0.29, 0.717) is 39.0 Å². The van der Waals surface area contributed by atoms with E-state index >= 15 is 0 Å². The normalized spacial score (nSPS) is 27.8. The maximum absolute atomic E-state index is 13.0. The van der Waals surface area contributed by atoms with E-state index in [0.717, 1.165) is 30.6 Å². The first-order valence-corrected chi connectivity index (χ1v) is 11.4. The maximum Gasteiger partial charge on any atom is 0.225 e. The van der Waals surface area contributed by atoms with Gasteiger partial charge in [0.2, 0.25) is 15.9 Å². The van der Waals surface area contributed by atoms with Crippen molar-refractivity contribution in [2.45, 2.75) is 37.4 Å². The number of likely N-dealkylation sites (tertiary alicyclic amines) is 1. The fraction of sp³-hybridized carbons (Fsp3) is 0.650. The predicted molar refractivity (Wildman–Crippen MR) is 103 cm³/mol. The van der Waals surface area contributed by atoms with Gasteiger partial charge in [-0.15, -0.1) is 0 Å². The molecule has 1 aromatic rings. The molecule has 3 aliphatic rings. The summed E-state index contributed by atoms with van der Waals surface area (Å²) in [6.07, 6.45) is 4.04. The molecule has 0 unspecified atom stereocenters. The van der Waals surface area contributed by atoms with Crippen molar-refractivity contribution in [1.82, 2.24) is 9.21 Å². The number of ether oxygens (including phenoxy) is 1. The number of carbonyl (C=O) groups is 1. The summed E-state index contributed by atoms with van der Waals surface area (Å²) in [7, 11) is -1.65. The van der Waals surface area contributed by atoms with Crippen LogP contribution in [-0.2, 0) is 21.2 Å². The number of sulfonamides is 1. The van der Waals surface area contributed by atoms with Gasteiger partial charge in [-0.2, -0.15) is 0 Å². The molecule has 2 aliphatic heterocycles. The van der Waals surface area contributed by atoms with Crippen LogP contribution in [0.5, 0.6) is 5.75 Å². The molecular formula is C20H28N2O4S. The summed E-state index contributed by atoms with van der Waals surface area (Å²) in [6.45, 7) is 2.38. The fourth-order valence-electron chi connectivity index (χ4n) is 4.41. The van der Waals surface area contributed by atoms with E-state index in [-0.39, 0.29) is 23.0 Å². The van der Waals surface area contributed by atoms with Crippen LogP contribution in [0, 0.1) is 11.8 Å². The van der Waals surface area contributed by atoms with E-state index in [1.54, 1.807) is 11.4 Å². The second kappa shape index (κ2) is 7.43. The van der Waals surface area contributed by atoms with E-state index in [9.17, 15) is 13.2 Å². The Labute approximate surface area is 161 Å². The van der Waals surface area contributed by atoms with Crippen LogP contribution in [-0.4, -0.2) is 62.1 Å². The lowest BCUT2D eigenvalue weighted by Crippen LogP contribution is -2.36. The Morgan fingerprint density at radius 3 is 2.70 bits per heavy atom. The lowest BCUT2D eigenvalue weighted by atomic mass is 10.0. The number of benzene rings is 1. The Morgan fingerprint density at radius 1 is 1.19 bits per heavy atom. The Morgan fingerprint density at radius 2 is 1.96 bits per heavy atom. The summed E-state index contributed by atoms with van der Waals surface area (Å²) in [4.78, 5) is 14.2. The van der Waals surface area contributed by atoms with Gasteiger partial charge in [0.25, 0.3) is 0 Å². The highest BCUT2D eigenvalue weighted by molar-refractivity contribution is 7.90. The molecule has 4 rings (SSSR count). The van der Waals surface area contributed by atoms with Crippen molar-refractivity contribution in [3.8, 4) is 5.75 Å². The summed E-state index contributed by atoms with van der Waals surface area (Å²) in [6, 6.07) is 7.79. The molecule has 6 nitrogen and oxygen atoms in total. The van der Waals surface area contributed by atoms with Crippen molar-refractivity contribution in [1.29, 1.82) is 0 Å². The first kappa shape index (κ1) is 18.7. The summed E-state index contributed by atoms with van der Waals surface area (Å²) in [5.41, 5.74) is 1.08. The highest BCUT2D eigenvalue weighted by atomic mass is 32.2. The summed E-state index contributed by atoms with van der Waals surface area (Å²) < 4.78 is 33.0. The largest absolute Gasteiger partial charge is 0.497 e. The second-order valence-electron chi connectivity index (χ2n) is 7.98. The zero-order valence-electron chi connectivity index (χ0n) is 15.8. The van der Waals surface area contributed by atoms with Crippen molar-refractivity contribution < 1.29 is 17.9 Å². The van der Waals surface area contributed by atoms with Gasteiger partial charge in [0, 0.05) is 32.1 Å². The molecule has 27 heavy (non-hydrogen) atoms. The van der Waals surface area contributed by atoms with Crippen LogP contribution in [0.1, 0.15) is 31.2 Å². The SMILES string of the molecule is COc1cccc(CCN2C[C@H]3CCN(C(=O)C4CC4)CC[C@H]3S2(=O)=O)c1. The van der Waals surface area contributed by atoms with E-state index in [2.05, 4.69) is 0 Å². The molecular weight excluding hydrogens is 364 g/mol. The number of hydrogen-bond acceptors (Lipinski definition) is 4. The fourth-order valence-corrected chi connectivity index (χ4v) is 6.65. The highest BCUT2D eigenvalue weighted by Crippen LogP contribution is 2.36. The summed E-state index contributed by atoms with van der Waals surface area (Å²) >= 11 is 0. The van der Waals surface area contributed by atoms with E-state index in [1.807, 2.05) is 29.2 Å². The second-order valence-corrected chi connectivity index (χ2v) is 10.1. The first-order valence-electron chi connectivity index (χ1n) is 9.89. The minimum atomic E-state index is -3.29. The molecule has 2 saturated heterocycles. The number of fused-ring (bicyclic) bond motifs is 1. The highest BCUT2D eigenvalue weighted by Gasteiger charge is 2.47. The van der Waals surface area contributed by atoms with Crippen molar-refractivity contribution in [3.63, 3.8) is 0 Å². The smallest absolute Gasteiger partial charge is 0.225 e. The van der Waals surface area contributed by atoms with Crippen molar-refractivity contribution in [2.24, 2.45) is 11.8 Å². The molecule has 0 aromatic heterocycles. The van der Waals surface area contributed by atoms with Gasteiger partial charge in [-0.3, -0.25) is 4.79 Å². The third kappa shape index (κ3) is 3.85. The molecule has 0 radical (unpaired) electrons. The number of methoxy groups -OCH3 is 1. The molecule has 1 saturated carbocycles. The third-order valence-electron chi connectivity index (χ3n) is 6.18. The monoisotopic (exact) mass is 392 g/mol. The number of carbonyl (C=O) groups excluding carboxylic acids is 1. The van der Waals surface area contributed by atoms with Gasteiger partial charge >= 0.3 is 0 Å². The van der Waals surface area contributed by atoms with Crippen LogP contribution in [0.2, 0.25) is 0 Å². The van der Waals surface area contributed by atoms with Crippen LogP contribution < -0.4 is 4.74 Å². The van der Waals surface area contributed by atoms with Crippen LogP contribution in [0.4, 0.5) is 0 Å². The van der Waals surface area contributed by atoms with E-state index in [4.69, 9.17) is 4.74 Å². The van der Waals surface area contributed by atoms with Crippen molar-refractivity contribution in [2.75, 3.05) is 33.3 Å². The molecule has 2 atom stereocenters. The number of amides is 1. The van der Waals surface area contributed by atoms with Crippen LogP contribution in [0.25, 0.3) is 0 Å². The van der Waals surface area contributed by atoms with Gasteiger partial charge in [-0.25, -0.2) is 12.7 Å². The zero-order chi connectivity index (χ0) is 19.0. The minimum Gasteiger partial charge on any atom is -0.497 e. The first-order chi connectivity index (χ1) is 13.0. The van der Waals surface area contributed by atoms with Gasteiger partial charge in [0.15, 0.2) is 0 Å². The Hall–Kier alpha value is -1.60. The average Bonchev–Trinajstić information content (AvgIpc) is 3.49. The molecule has 2 heterocycles. The molecule has 1 aromatic carbocycles. The van der Waals surface area contributed by atoms with Crippen LogP contribution in [0.3, 0.4) is 0 Å².